The molecule has 96 valence electrons. The number of hydrogen-bond acceptors (Lipinski definition) is 5. The lowest BCUT2D eigenvalue weighted by Crippen LogP contribution is -2.55. The highest BCUT2D eigenvalue weighted by atomic mass is 16.8. The second kappa shape index (κ2) is 3.68. The van der Waals surface area contributed by atoms with Crippen LogP contribution < -0.4 is 4.90 Å². The number of carbonyl (C=O) groups is 3. The van der Waals surface area contributed by atoms with Gasteiger partial charge in [0.1, 0.15) is 0 Å². The summed E-state index contributed by atoms with van der Waals surface area (Å²) >= 11 is 0. The second-order valence-electron chi connectivity index (χ2n) is 4.14. The molecular formula is C13H9NO5. The number of amides is 1. The van der Waals surface area contributed by atoms with Gasteiger partial charge in [0.2, 0.25) is 0 Å². The number of rotatable bonds is 1. The highest BCUT2D eigenvalue weighted by Crippen LogP contribution is 2.39. The summed E-state index contributed by atoms with van der Waals surface area (Å²) in [6.45, 7) is 1.18. The predicted octanol–water partition coefficient (Wildman–Crippen LogP) is 0.977. The Labute approximate surface area is 108 Å². The lowest BCUT2D eigenvalue weighted by molar-refractivity contribution is -0.188. The largest absolute Gasteiger partial charge is 0.400 e. The summed E-state index contributed by atoms with van der Waals surface area (Å²) in [4.78, 5) is 36.2. The van der Waals surface area contributed by atoms with Gasteiger partial charge < -0.3 is 9.47 Å². The van der Waals surface area contributed by atoms with Crippen molar-refractivity contribution in [2.75, 3.05) is 4.90 Å². The van der Waals surface area contributed by atoms with Gasteiger partial charge in [-0.25, -0.2) is 9.69 Å². The number of para-hydroxylation sites is 1. The maximum absolute atomic E-state index is 11.9. The zero-order valence-electron chi connectivity index (χ0n) is 9.95. The molecule has 2 aliphatic heterocycles. The summed E-state index contributed by atoms with van der Waals surface area (Å²) in [5, 5.41) is 0. The Bertz CT molecular complexity index is 636. The van der Waals surface area contributed by atoms with E-state index in [2.05, 4.69) is 0 Å². The fraction of sp³-hybridized carbons (Fsp3) is 0.154. The standard InChI is InChI=1S/C13H9NO5/c1-8(15)18-13-7-6-11(16)14(13)10-5-3-2-4-9(10)12(17)19-13/h2-7H,1H3/t13-/m1/s1. The van der Waals surface area contributed by atoms with Crippen molar-refractivity contribution < 1.29 is 23.9 Å². The number of esters is 2. The molecule has 2 aliphatic rings. The first kappa shape index (κ1) is 11.5. The minimum atomic E-state index is -1.80. The number of anilines is 1. The van der Waals surface area contributed by atoms with Gasteiger partial charge in [-0.1, -0.05) is 12.1 Å². The van der Waals surface area contributed by atoms with E-state index in [0.717, 1.165) is 4.90 Å². The van der Waals surface area contributed by atoms with E-state index in [0.29, 0.717) is 5.69 Å². The minimum Gasteiger partial charge on any atom is -0.400 e. The number of nitrogens with zero attached hydrogens (tertiary/aromatic N) is 1. The molecule has 2 heterocycles. The molecule has 1 atom stereocenters. The SMILES string of the molecule is CC(=O)O[C@@]12C=CC(=O)N1c1ccccc1C(=O)O2. The third-order valence-corrected chi connectivity index (χ3v) is 2.86. The smallest absolute Gasteiger partial charge is 0.371 e. The maximum Gasteiger partial charge on any atom is 0.371 e. The van der Waals surface area contributed by atoms with Crippen molar-refractivity contribution >= 4 is 23.5 Å². The second-order valence-corrected chi connectivity index (χ2v) is 4.14. The molecule has 0 aromatic heterocycles. The summed E-state index contributed by atoms with van der Waals surface area (Å²) in [7, 11) is 0. The van der Waals surface area contributed by atoms with Crippen LogP contribution in [-0.2, 0) is 19.1 Å². The molecule has 6 nitrogen and oxygen atoms in total. The average molecular weight is 259 g/mol. The number of carbonyl (C=O) groups excluding carboxylic acids is 3. The summed E-state index contributed by atoms with van der Waals surface area (Å²) in [6.07, 6.45) is 2.46. The lowest BCUT2D eigenvalue weighted by Gasteiger charge is -2.39. The number of benzene rings is 1. The Morgan fingerprint density at radius 3 is 2.79 bits per heavy atom. The van der Waals surface area contributed by atoms with E-state index in [1.54, 1.807) is 24.3 Å². The van der Waals surface area contributed by atoms with Crippen LogP contribution in [0.1, 0.15) is 17.3 Å². The topological polar surface area (TPSA) is 72.9 Å². The van der Waals surface area contributed by atoms with Gasteiger partial charge in [-0.3, -0.25) is 9.59 Å². The van der Waals surface area contributed by atoms with Gasteiger partial charge in [-0.05, 0) is 12.1 Å². The summed E-state index contributed by atoms with van der Waals surface area (Å²) in [6, 6.07) is 6.48. The highest BCUT2D eigenvalue weighted by Gasteiger charge is 2.53. The van der Waals surface area contributed by atoms with E-state index < -0.39 is 23.8 Å². The van der Waals surface area contributed by atoms with Crippen molar-refractivity contribution in [1.82, 2.24) is 0 Å². The molecule has 3 rings (SSSR count). The van der Waals surface area contributed by atoms with E-state index >= 15 is 0 Å². The summed E-state index contributed by atoms with van der Waals surface area (Å²) in [5.41, 5.74) is 0.609. The Balaban J connectivity index is 2.18. The van der Waals surface area contributed by atoms with Gasteiger partial charge in [-0.15, -0.1) is 0 Å². The van der Waals surface area contributed by atoms with Crippen LogP contribution in [0.25, 0.3) is 0 Å². The normalized spacial score (nSPS) is 23.7. The fourth-order valence-corrected chi connectivity index (χ4v) is 2.18. The fourth-order valence-electron chi connectivity index (χ4n) is 2.18. The third kappa shape index (κ3) is 1.53. The van der Waals surface area contributed by atoms with Gasteiger partial charge >= 0.3 is 17.8 Å². The predicted molar refractivity (Wildman–Crippen MR) is 63.0 cm³/mol. The van der Waals surface area contributed by atoms with Crippen molar-refractivity contribution in [3.63, 3.8) is 0 Å². The van der Waals surface area contributed by atoms with Gasteiger partial charge in [0, 0.05) is 19.1 Å². The molecule has 0 fully saturated rings. The summed E-state index contributed by atoms with van der Waals surface area (Å²) < 4.78 is 10.2. The first-order valence-corrected chi connectivity index (χ1v) is 5.59. The zero-order valence-corrected chi connectivity index (χ0v) is 9.95. The van der Waals surface area contributed by atoms with Crippen LogP contribution in [0.4, 0.5) is 5.69 Å². The van der Waals surface area contributed by atoms with Crippen LogP contribution in [-0.4, -0.2) is 23.8 Å². The minimum absolute atomic E-state index is 0.252. The van der Waals surface area contributed by atoms with Crippen LogP contribution in [0.2, 0.25) is 0 Å². The van der Waals surface area contributed by atoms with Crippen LogP contribution in [0.5, 0.6) is 0 Å². The number of fused-ring (bicyclic) bond motifs is 3. The maximum atomic E-state index is 11.9. The number of ether oxygens (including phenoxy) is 2. The molecular weight excluding hydrogens is 250 g/mol. The Kier molecular flexibility index (Phi) is 2.22. The molecule has 6 heteroatoms. The molecule has 0 saturated heterocycles. The van der Waals surface area contributed by atoms with E-state index in [1.807, 2.05) is 0 Å². The molecule has 1 amide bonds. The average Bonchev–Trinajstić information content (AvgIpc) is 2.66. The molecule has 0 unspecified atom stereocenters. The van der Waals surface area contributed by atoms with Crippen molar-refractivity contribution in [2.24, 2.45) is 0 Å². The highest BCUT2D eigenvalue weighted by molar-refractivity contribution is 6.12. The van der Waals surface area contributed by atoms with E-state index in [4.69, 9.17) is 9.47 Å². The van der Waals surface area contributed by atoms with Gasteiger partial charge in [0.25, 0.3) is 5.91 Å². The first-order chi connectivity index (χ1) is 9.03. The van der Waals surface area contributed by atoms with Gasteiger partial charge in [0.05, 0.1) is 11.3 Å². The quantitative estimate of drug-likeness (QED) is 0.703. The molecule has 0 radical (unpaired) electrons. The Morgan fingerprint density at radius 1 is 1.32 bits per heavy atom. The zero-order chi connectivity index (χ0) is 13.6. The van der Waals surface area contributed by atoms with Crippen LogP contribution in [0.15, 0.2) is 36.4 Å². The van der Waals surface area contributed by atoms with Gasteiger partial charge in [0.15, 0.2) is 0 Å². The third-order valence-electron chi connectivity index (χ3n) is 2.86. The molecule has 0 saturated carbocycles. The van der Waals surface area contributed by atoms with Crippen molar-refractivity contribution in [2.45, 2.75) is 12.8 Å². The van der Waals surface area contributed by atoms with Crippen molar-refractivity contribution in [1.29, 1.82) is 0 Å². The Hall–Kier alpha value is -2.63. The van der Waals surface area contributed by atoms with Crippen molar-refractivity contribution in [3.05, 3.63) is 42.0 Å². The molecule has 0 aliphatic carbocycles. The van der Waals surface area contributed by atoms with E-state index in [-0.39, 0.29) is 5.56 Å². The monoisotopic (exact) mass is 259 g/mol. The van der Waals surface area contributed by atoms with Crippen LogP contribution >= 0.6 is 0 Å². The molecule has 19 heavy (non-hydrogen) atoms. The number of hydrogen-bond donors (Lipinski definition) is 0. The molecule has 0 spiro atoms. The van der Waals surface area contributed by atoms with Gasteiger partial charge in [-0.2, -0.15) is 0 Å². The molecule has 0 bridgehead atoms. The summed E-state index contributed by atoms with van der Waals surface area (Å²) in [5.74, 6) is -3.51. The molecule has 0 N–H and O–H groups in total. The molecule has 1 aromatic carbocycles. The van der Waals surface area contributed by atoms with Crippen LogP contribution in [0.3, 0.4) is 0 Å². The lowest BCUT2D eigenvalue weighted by atomic mass is 10.1. The van der Waals surface area contributed by atoms with E-state index in [1.165, 1.54) is 19.1 Å². The van der Waals surface area contributed by atoms with E-state index in [9.17, 15) is 14.4 Å². The van der Waals surface area contributed by atoms with Crippen LogP contribution in [0, 0.1) is 0 Å². The first-order valence-electron chi connectivity index (χ1n) is 5.59. The molecule has 1 aromatic rings. The van der Waals surface area contributed by atoms with Crippen molar-refractivity contribution in [3.8, 4) is 0 Å². The Morgan fingerprint density at radius 2 is 2.05 bits per heavy atom.